The molecule has 1 aromatic carbocycles. The molecule has 1 aliphatic heterocycles. The van der Waals surface area contributed by atoms with Crippen LogP contribution in [0.2, 0.25) is 0 Å². The van der Waals surface area contributed by atoms with Crippen molar-refractivity contribution in [1.29, 1.82) is 0 Å². The summed E-state index contributed by atoms with van der Waals surface area (Å²) in [5.74, 6) is 0. The molecule has 16 heavy (non-hydrogen) atoms. The van der Waals surface area contributed by atoms with E-state index in [1.54, 1.807) is 0 Å². The summed E-state index contributed by atoms with van der Waals surface area (Å²) in [7, 11) is 0. The molecule has 0 saturated carbocycles. The van der Waals surface area contributed by atoms with Crippen molar-refractivity contribution in [2.24, 2.45) is 0 Å². The fourth-order valence-electron chi connectivity index (χ4n) is 2.24. The van der Waals surface area contributed by atoms with E-state index >= 15 is 0 Å². The standard InChI is InChI=1S/C13H19NO2/c1-3-12-9-13(16-10(2)14(12)15)11-7-5-4-6-8-11/h4-8,10,12-13,15H,3,9H2,1-2H3. The highest BCUT2D eigenvalue weighted by Gasteiger charge is 2.32. The molecule has 1 saturated heterocycles. The number of hydrogen-bond acceptors (Lipinski definition) is 3. The third-order valence-electron chi connectivity index (χ3n) is 3.24. The summed E-state index contributed by atoms with van der Waals surface area (Å²) in [5, 5.41) is 11.1. The van der Waals surface area contributed by atoms with E-state index in [1.165, 1.54) is 10.6 Å². The number of hydroxylamine groups is 2. The molecule has 3 heteroatoms. The summed E-state index contributed by atoms with van der Waals surface area (Å²) in [5.41, 5.74) is 1.20. The largest absolute Gasteiger partial charge is 0.353 e. The van der Waals surface area contributed by atoms with Gasteiger partial charge >= 0.3 is 0 Å². The predicted molar refractivity (Wildman–Crippen MR) is 62.1 cm³/mol. The van der Waals surface area contributed by atoms with Crippen molar-refractivity contribution in [3.05, 3.63) is 35.9 Å². The first kappa shape index (κ1) is 11.6. The number of ether oxygens (including phenoxy) is 1. The van der Waals surface area contributed by atoms with Gasteiger partial charge in [-0.05, 0) is 25.3 Å². The fourth-order valence-corrected chi connectivity index (χ4v) is 2.24. The summed E-state index contributed by atoms with van der Waals surface area (Å²) in [6.07, 6.45) is 1.66. The second-order valence-electron chi connectivity index (χ2n) is 4.31. The summed E-state index contributed by atoms with van der Waals surface area (Å²) in [6.45, 7) is 3.98. The van der Waals surface area contributed by atoms with Gasteiger partial charge in [0, 0.05) is 6.04 Å². The quantitative estimate of drug-likeness (QED) is 0.833. The summed E-state index contributed by atoms with van der Waals surface area (Å²) < 4.78 is 5.79. The first-order valence-corrected chi connectivity index (χ1v) is 5.90. The second-order valence-corrected chi connectivity index (χ2v) is 4.31. The van der Waals surface area contributed by atoms with Gasteiger partial charge in [-0.2, -0.15) is 5.06 Å². The third kappa shape index (κ3) is 2.26. The molecular weight excluding hydrogens is 202 g/mol. The number of hydrogen-bond donors (Lipinski definition) is 1. The van der Waals surface area contributed by atoms with Gasteiger partial charge in [0.25, 0.3) is 0 Å². The van der Waals surface area contributed by atoms with Crippen molar-refractivity contribution in [1.82, 2.24) is 5.06 Å². The van der Waals surface area contributed by atoms with Crippen LogP contribution in [0.5, 0.6) is 0 Å². The van der Waals surface area contributed by atoms with E-state index in [4.69, 9.17) is 4.74 Å². The lowest BCUT2D eigenvalue weighted by Crippen LogP contribution is -2.46. The average Bonchev–Trinajstić information content (AvgIpc) is 2.33. The minimum absolute atomic E-state index is 0.101. The van der Waals surface area contributed by atoms with Crippen molar-refractivity contribution < 1.29 is 9.94 Å². The normalized spacial score (nSPS) is 31.6. The molecule has 1 N–H and O–H groups in total. The van der Waals surface area contributed by atoms with Gasteiger partial charge in [0.05, 0.1) is 6.10 Å². The maximum atomic E-state index is 9.81. The van der Waals surface area contributed by atoms with E-state index in [-0.39, 0.29) is 18.4 Å². The van der Waals surface area contributed by atoms with Crippen molar-refractivity contribution in [3.63, 3.8) is 0 Å². The van der Waals surface area contributed by atoms with Gasteiger partial charge in [0.2, 0.25) is 0 Å². The molecule has 3 atom stereocenters. The van der Waals surface area contributed by atoms with Crippen LogP contribution in [-0.2, 0) is 4.74 Å². The first-order valence-electron chi connectivity index (χ1n) is 5.90. The lowest BCUT2D eigenvalue weighted by Gasteiger charge is -2.39. The van der Waals surface area contributed by atoms with Crippen molar-refractivity contribution in [2.45, 2.75) is 45.1 Å². The number of rotatable bonds is 2. The molecule has 1 heterocycles. The lowest BCUT2D eigenvalue weighted by atomic mass is 9.98. The fraction of sp³-hybridized carbons (Fsp3) is 0.538. The van der Waals surface area contributed by atoms with E-state index in [0.717, 1.165) is 12.8 Å². The topological polar surface area (TPSA) is 32.7 Å². The Kier molecular flexibility index (Phi) is 3.59. The maximum Gasteiger partial charge on any atom is 0.131 e. The Balaban J connectivity index is 2.13. The Morgan fingerprint density at radius 3 is 2.69 bits per heavy atom. The molecule has 0 amide bonds. The van der Waals surface area contributed by atoms with Crippen LogP contribution in [0.15, 0.2) is 30.3 Å². The van der Waals surface area contributed by atoms with Crippen LogP contribution < -0.4 is 0 Å². The number of nitrogens with zero attached hydrogens (tertiary/aromatic N) is 1. The zero-order valence-electron chi connectivity index (χ0n) is 9.84. The summed E-state index contributed by atoms with van der Waals surface area (Å²) in [6, 6.07) is 10.4. The Morgan fingerprint density at radius 1 is 1.38 bits per heavy atom. The second kappa shape index (κ2) is 4.95. The van der Waals surface area contributed by atoms with Gasteiger partial charge < -0.3 is 9.94 Å². The predicted octanol–water partition coefficient (Wildman–Crippen LogP) is 2.96. The van der Waals surface area contributed by atoms with Crippen LogP contribution in [-0.4, -0.2) is 22.5 Å². The van der Waals surface area contributed by atoms with E-state index in [9.17, 15) is 5.21 Å². The van der Waals surface area contributed by atoms with E-state index in [0.29, 0.717) is 0 Å². The van der Waals surface area contributed by atoms with Crippen LogP contribution in [0, 0.1) is 0 Å². The van der Waals surface area contributed by atoms with Gasteiger partial charge in [-0.15, -0.1) is 0 Å². The highest BCUT2D eigenvalue weighted by atomic mass is 16.6. The average molecular weight is 221 g/mol. The lowest BCUT2D eigenvalue weighted by molar-refractivity contribution is -0.282. The molecule has 1 fully saturated rings. The smallest absolute Gasteiger partial charge is 0.131 e. The molecule has 2 rings (SSSR count). The molecule has 0 radical (unpaired) electrons. The molecule has 88 valence electrons. The van der Waals surface area contributed by atoms with E-state index in [2.05, 4.69) is 19.1 Å². The Morgan fingerprint density at radius 2 is 2.06 bits per heavy atom. The summed E-state index contributed by atoms with van der Waals surface area (Å²) in [4.78, 5) is 0. The molecule has 0 spiro atoms. The van der Waals surface area contributed by atoms with Gasteiger partial charge in [0.15, 0.2) is 0 Å². The highest BCUT2D eigenvalue weighted by molar-refractivity contribution is 5.18. The zero-order chi connectivity index (χ0) is 11.5. The molecule has 1 aromatic rings. The monoisotopic (exact) mass is 221 g/mol. The Hall–Kier alpha value is -0.900. The van der Waals surface area contributed by atoms with Gasteiger partial charge in [-0.3, -0.25) is 0 Å². The van der Waals surface area contributed by atoms with Crippen molar-refractivity contribution in [3.8, 4) is 0 Å². The molecule has 3 unspecified atom stereocenters. The van der Waals surface area contributed by atoms with Gasteiger partial charge in [-0.25, -0.2) is 0 Å². The van der Waals surface area contributed by atoms with Gasteiger partial charge in [0.1, 0.15) is 6.23 Å². The molecule has 1 aliphatic rings. The molecular formula is C13H19NO2. The molecule has 0 aromatic heterocycles. The molecule has 0 bridgehead atoms. The first-order chi connectivity index (χ1) is 7.72. The zero-order valence-corrected chi connectivity index (χ0v) is 9.84. The van der Waals surface area contributed by atoms with Crippen LogP contribution in [0.25, 0.3) is 0 Å². The number of benzene rings is 1. The van der Waals surface area contributed by atoms with Crippen LogP contribution in [0.3, 0.4) is 0 Å². The van der Waals surface area contributed by atoms with Crippen LogP contribution >= 0.6 is 0 Å². The van der Waals surface area contributed by atoms with Crippen LogP contribution in [0.4, 0.5) is 0 Å². The van der Waals surface area contributed by atoms with E-state index in [1.807, 2.05) is 25.1 Å². The van der Waals surface area contributed by atoms with Crippen molar-refractivity contribution >= 4 is 0 Å². The Labute approximate surface area is 96.6 Å². The van der Waals surface area contributed by atoms with E-state index < -0.39 is 0 Å². The minimum atomic E-state index is -0.232. The molecule has 0 aliphatic carbocycles. The SMILES string of the molecule is CCC1CC(c2ccccc2)OC(C)N1O. The van der Waals surface area contributed by atoms with Gasteiger partial charge in [-0.1, -0.05) is 37.3 Å². The maximum absolute atomic E-state index is 9.81. The van der Waals surface area contributed by atoms with Crippen molar-refractivity contribution in [2.75, 3.05) is 0 Å². The highest BCUT2D eigenvalue weighted by Crippen LogP contribution is 2.32. The molecule has 3 nitrogen and oxygen atoms in total. The third-order valence-corrected chi connectivity index (χ3v) is 3.24. The van der Waals surface area contributed by atoms with Crippen LogP contribution in [0.1, 0.15) is 38.4 Å². The Bertz CT molecular complexity index is 328. The summed E-state index contributed by atoms with van der Waals surface area (Å²) >= 11 is 0. The minimum Gasteiger partial charge on any atom is -0.353 e.